The minimum atomic E-state index is -3.79. The van der Waals surface area contributed by atoms with Gasteiger partial charge in [0.05, 0.1) is 18.4 Å². The van der Waals surface area contributed by atoms with Gasteiger partial charge in [0.2, 0.25) is 10.0 Å². The van der Waals surface area contributed by atoms with Crippen LogP contribution in [0.25, 0.3) is 0 Å². The molecule has 1 saturated heterocycles. The summed E-state index contributed by atoms with van der Waals surface area (Å²) in [7, 11) is -2.57. The van der Waals surface area contributed by atoms with E-state index in [1.807, 2.05) is 0 Å². The van der Waals surface area contributed by atoms with E-state index in [1.165, 1.54) is 35.0 Å². The highest BCUT2D eigenvalue weighted by atomic mass is 32.2. The number of carbonyl (C=O) groups excluding carboxylic acids is 3. The van der Waals surface area contributed by atoms with E-state index < -0.39 is 34.5 Å². The average Bonchev–Trinajstić information content (AvgIpc) is 3.44. The van der Waals surface area contributed by atoms with Crippen molar-refractivity contribution in [3.05, 3.63) is 46.2 Å². The van der Waals surface area contributed by atoms with Gasteiger partial charge in [-0.3, -0.25) is 4.79 Å². The Bertz CT molecular complexity index is 1060. The smallest absolute Gasteiger partial charge is 0.350 e. The average molecular weight is 453 g/mol. The largest absolute Gasteiger partial charge is 0.465 e. The molecule has 30 heavy (non-hydrogen) atoms. The predicted molar refractivity (Wildman–Crippen MR) is 109 cm³/mol. The molecule has 1 aliphatic rings. The van der Waals surface area contributed by atoms with Crippen molar-refractivity contribution in [1.29, 1.82) is 0 Å². The van der Waals surface area contributed by atoms with E-state index in [2.05, 4.69) is 10.1 Å². The van der Waals surface area contributed by atoms with Crippen LogP contribution in [0.4, 0.5) is 5.69 Å². The van der Waals surface area contributed by atoms with E-state index in [0.29, 0.717) is 13.1 Å². The number of benzene rings is 1. The summed E-state index contributed by atoms with van der Waals surface area (Å²) in [5, 5.41) is 3.97. The van der Waals surface area contributed by atoms with E-state index in [0.717, 1.165) is 24.2 Å². The van der Waals surface area contributed by atoms with Gasteiger partial charge in [0.1, 0.15) is 9.77 Å². The maximum absolute atomic E-state index is 12.7. The Kier molecular flexibility index (Phi) is 6.85. The first-order valence-corrected chi connectivity index (χ1v) is 11.4. The Hall–Kier alpha value is -2.76. The fourth-order valence-corrected chi connectivity index (χ4v) is 5.78. The number of sulfonamides is 1. The zero-order chi connectivity index (χ0) is 21.7. The summed E-state index contributed by atoms with van der Waals surface area (Å²) >= 11 is 0.935. The minimum Gasteiger partial charge on any atom is -0.465 e. The number of anilines is 1. The van der Waals surface area contributed by atoms with Crippen LogP contribution in [0.15, 0.2) is 40.6 Å². The van der Waals surface area contributed by atoms with Crippen molar-refractivity contribution in [2.24, 2.45) is 0 Å². The summed E-state index contributed by atoms with van der Waals surface area (Å²) in [4.78, 5) is 36.2. The van der Waals surface area contributed by atoms with Gasteiger partial charge >= 0.3 is 11.9 Å². The first kappa shape index (κ1) is 21.9. The number of ether oxygens (including phenoxy) is 2. The monoisotopic (exact) mass is 452 g/mol. The molecule has 0 aliphatic carbocycles. The molecule has 1 aliphatic heterocycles. The van der Waals surface area contributed by atoms with E-state index in [-0.39, 0.29) is 21.0 Å². The van der Waals surface area contributed by atoms with E-state index in [9.17, 15) is 22.8 Å². The number of hydrogen-bond acceptors (Lipinski definition) is 8. The summed E-state index contributed by atoms with van der Waals surface area (Å²) < 4.78 is 36.5. The fraction of sp³-hybridized carbons (Fsp3) is 0.316. The zero-order valence-corrected chi connectivity index (χ0v) is 17.8. The molecule has 9 nitrogen and oxygen atoms in total. The Morgan fingerprint density at radius 3 is 2.50 bits per heavy atom. The second-order valence-corrected chi connectivity index (χ2v) is 9.21. The number of rotatable bonds is 7. The third kappa shape index (κ3) is 4.69. The summed E-state index contributed by atoms with van der Waals surface area (Å²) in [6.07, 6.45) is 1.55. The van der Waals surface area contributed by atoms with E-state index in [4.69, 9.17) is 4.74 Å². The van der Waals surface area contributed by atoms with Crippen LogP contribution < -0.4 is 5.32 Å². The second kappa shape index (κ2) is 9.37. The van der Waals surface area contributed by atoms with Gasteiger partial charge in [-0.2, -0.15) is 4.31 Å². The van der Waals surface area contributed by atoms with Gasteiger partial charge in [0.15, 0.2) is 6.61 Å². The topological polar surface area (TPSA) is 119 Å². The summed E-state index contributed by atoms with van der Waals surface area (Å²) in [6, 6.07) is 7.58. The Balaban J connectivity index is 1.66. The number of methoxy groups -OCH3 is 1. The zero-order valence-electron chi connectivity index (χ0n) is 16.1. The number of nitrogens with zero attached hydrogens (tertiary/aromatic N) is 1. The number of thiophene rings is 1. The van der Waals surface area contributed by atoms with Crippen LogP contribution in [0.2, 0.25) is 0 Å². The van der Waals surface area contributed by atoms with Gasteiger partial charge in [-0.05, 0) is 36.4 Å². The molecule has 160 valence electrons. The second-order valence-electron chi connectivity index (χ2n) is 6.39. The molecule has 0 bridgehead atoms. The van der Waals surface area contributed by atoms with E-state index >= 15 is 0 Å². The summed E-state index contributed by atoms with van der Waals surface area (Å²) in [5.41, 5.74) is 0.357. The molecule has 2 heterocycles. The van der Waals surface area contributed by atoms with Crippen molar-refractivity contribution in [3.63, 3.8) is 0 Å². The molecule has 1 fully saturated rings. The molecule has 0 radical (unpaired) electrons. The Morgan fingerprint density at radius 1 is 1.10 bits per heavy atom. The SMILES string of the molecule is COC(=O)c1ccccc1NC(=O)COC(=O)c1sccc1S(=O)(=O)N1CCCC1. The highest BCUT2D eigenvalue weighted by Gasteiger charge is 2.32. The van der Waals surface area contributed by atoms with Gasteiger partial charge in [0.25, 0.3) is 5.91 Å². The Morgan fingerprint density at radius 2 is 1.80 bits per heavy atom. The lowest BCUT2D eigenvalue weighted by Crippen LogP contribution is -2.29. The normalized spacial score (nSPS) is 14.3. The van der Waals surface area contributed by atoms with Crippen molar-refractivity contribution in [1.82, 2.24) is 4.31 Å². The van der Waals surface area contributed by atoms with Gasteiger partial charge in [0, 0.05) is 13.1 Å². The lowest BCUT2D eigenvalue weighted by Gasteiger charge is -2.15. The molecule has 2 aromatic rings. The lowest BCUT2D eigenvalue weighted by atomic mass is 10.2. The molecule has 0 atom stereocenters. The predicted octanol–water partition coefficient (Wildman–Crippen LogP) is 2.11. The standard InChI is InChI=1S/C19H20N2O7S2/c1-27-18(23)13-6-2-3-7-14(13)20-16(22)12-28-19(24)17-15(8-11-29-17)30(25,26)21-9-4-5-10-21/h2-3,6-8,11H,4-5,9-10,12H2,1H3,(H,20,22). The molecule has 1 amide bonds. The minimum absolute atomic E-state index is 0.0790. The number of hydrogen-bond donors (Lipinski definition) is 1. The van der Waals surface area contributed by atoms with Gasteiger partial charge in [-0.1, -0.05) is 12.1 Å². The quantitative estimate of drug-likeness (QED) is 0.639. The third-order valence-electron chi connectivity index (χ3n) is 4.44. The molecular weight excluding hydrogens is 432 g/mol. The molecule has 0 spiro atoms. The van der Waals surface area contributed by atoms with Crippen LogP contribution in [0.5, 0.6) is 0 Å². The van der Waals surface area contributed by atoms with Crippen molar-refractivity contribution >= 4 is 44.9 Å². The molecule has 1 N–H and O–H groups in total. The van der Waals surface area contributed by atoms with Crippen LogP contribution in [-0.4, -0.2) is 57.4 Å². The maximum Gasteiger partial charge on any atom is 0.350 e. The molecule has 0 saturated carbocycles. The van der Waals surface area contributed by atoms with E-state index in [1.54, 1.807) is 12.1 Å². The highest BCUT2D eigenvalue weighted by Crippen LogP contribution is 2.28. The van der Waals surface area contributed by atoms with Crippen LogP contribution in [0.1, 0.15) is 32.9 Å². The molecule has 3 rings (SSSR count). The van der Waals surface area contributed by atoms with Gasteiger partial charge in [-0.25, -0.2) is 18.0 Å². The number of para-hydroxylation sites is 1. The maximum atomic E-state index is 12.7. The number of nitrogens with one attached hydrogen (secondary N) is 1. The molecule has 0 unspecified atom stereocenters. The summed E-state index contributed by atoms with van der Waals surface area (Å²) in [6.45, 7) is 0.179. The molecule has 1 aromatic heterocycles. The first-order valence-electron chi connectivity index (χ1n) is 9.06. The van der Waals surface area contributed by atoms with Crippen molar-refractivity contribution in [2.75, 3.05) is 32.1 Å². The molecular formula is C19H20N2O7S2. The first-order chi connectivity index (χ1) is 14.3. The third-order valence-corrected chi connectivity index (χ3v) is 7.40. The van der Waals surface area contributed by atoms with Gasteiger partial charge < -0.3 is 14.8 Å². The van der Waals surface area contributed by atoms with Gasteiger partial charge in [-0.15, -0.1) is 11.3 Å². The van der Waals surface area contributed by atoms with Crippen molar-refractivity contribution < 1.29 is 32.3 Å². The number of amides is 1. The van der Waals surface area contributed by atoms with Crippen LogP contribution >= 0.6 is 11.3 Å². The molecule has 11 heteroatoms. The van der Waals surface area contributed by atoms with Crippen molar-refractivity contribution in [2.45, 2.75) is 17.7 Å². The van der Waals surface area contributed by atoms with Crippen LogP contribution in [-0.2, 0) is 24.3 Å². The fourth-order valence-electron chi connectivity index (χ4n) is 2.98. The molecule has 1 aromatic carbocycles. The van der Waals surface area contributed by atoms with Crippen LogP contribution in [0, 0.1) is 0 Å². The highest BCUT2D eigenvalue weighted by molar-refractivity contribution is 7.89. The van der Waals surface area contributed by atoms with Crippen molar-refractivity contribution in [3.8, 4) is 0 Å². The number of esters is 2. The Labute approximate surface area is 177 Å². The number of carbonyl (C=O) groups is 3. The van der Waals surface area contributed by atoms with Crippen LogP contribution in [0.3, 0.4) is 0 Å². The lowest BCUT2D eigenvalue weighted by molar-refractivity contribution is -0.119. The summed E-state index contributed by atoms with van der Waals surface area (Å²) in [5.74, 6) is -2.21.